The number of carbonyl (C=O) groups excluding carboxylic acids is 2. The fourth-order valence-electron chi connectivity index (χ4n) is 1.78. The Balaban J connectivity index is 1.80. The van der Waals surface area contributed by atoms with Crippen molar-refractivity contribution in [3.63, 3.8) is 0 Å². The lowest BCUT2D eigenvalue weighted by atomic mass is 10.2. The zero-order chi connectivity index (χ0) is 16.7. The van der Waals surface area contributed by atoms with E-state index in [9.17, 15) is 9.59 Å². The third-order valence-corrected chi connectivity index (χ3v) is 3.42. The summed E-state index contributed by atoms with van der Waals surface area (Å²) < 4.78 is 4.88. The largest absolute Gasteiger partial charge is 0.452 e. The molecule has 0 radical (unpaired) electrons. The Hall–Kier alpha value is -2.59. The number of esters is 1. The van der Waals surface area contributed by atoms with Crippen LogP contribution in [0, 0.1) is 6.92 Å². The predicted octanol–water partition coefficient (Wildman–Crippen LogP) is 3.84. The third-order valence-electron chi connectivity index (χ3n) is 3.01. The smallest absolute Gasteiger partial charge is 0.331 e. The van der Waals surface area contributed by atoms with Gasteiger partial charge < -0.3 is 10.1 Å². The van der Waals surface area contributed by atoms with Gasteiger partial charge >= 0.3 is 5.97 Å². The van der Waals surface area contributed by atoms with E-state index in [1.165, 1.54) is 6.08 Å². The Labute approximate surface area is 139 Å². The molecule has 1 N–H and O–H groups in total. The molecule has 2 rings (SSSR count). The summed E-state index contributed by atoms with van der Waals surface area (Å²) in [6.45, 7) is 1.51. The molecule has 0 heterocycles. The van der Waals surface area contributed by atoms with E-state index < -0.39 is 11.9 Å². The number of amides is 1. The van der Waals surface area contributed by atoms with E-state index in [-0.39, 0.29) is 6.61 Å². The Morgan fingerprint density at radius 1 is 1.17 bits per heavy atom. The normalized spacial score (nSPS) is 10.5. The molecule has 0 fully saturated rings. The number of rotatable bonds is 5. The maximum atomic E-state index is 11.7. The van der Waals surface area contributed by atoms with Gasteiger partial charge in [0.05, 0.1) is 0 Å². The number of carbonyl (C=O) groups is 2. The highest BCUT2D eigenvalue weighted by Crippen LogP contribution is 2.19. The molecule has 0 unspecified atom stereocenters. The van der Waals surface area contributed by atoms with Gasteiger partial charge in [-0.25, -0.2) is 4.79 Å². The van der Waals surface area contributed by atoms with Gasteiger partial charge in [0.2, 0.25) is 0 Å². The van der Waals surface area contributed by atoms with Gasteiger partial charge in [0.15, 0.2) is 6.61 Å². The lowest BCUT2D eigenvalue weighted by Gasteiger charge is -2.07. The highest BCUT2D eigenvalue weighted by molar-refractivity contribution is 6.31. The van der Waals surface area contributed by atoms with E-state index in [1.807, 2.05) is 37.3 Å². The fraction of sp³-hybridized carbons (Fsp3) is 0.111. The maximum Gasteiger partial charge on any atom is 0.331 e. The molecule has 23 heavy (non-hydrogen) atoms. The summed E-state index contributed by atoms with van der Waals surface area (Å²) in [6, 6.07) is 14.5. The standard InChI is InChI=1S/C18H16ClNO3/c1-13-7-9-15(11-16(13)19)20-17(21)12-23-18(22)10-8-14-5-3-2-4-6-14/h2-11H,12H2,1H3,(H,20,21). The molecule has 0 atom stereocenters. The van der Waals surface area contributed by atoms with Gasteiger partial charge in [-0.1, -0.05) is 48.0 Å². The summed E-state index contributed by atoms with van der Waals surface area (Å²) in [6.07, 6.45) is 2.91. The molecule has 0 saturated heterocycles. The summed E-state index contributed by atoms with van der Waals surface area (Å²) in [5.41, 5.74) is 2.35. The zero-order valence-corrected chi connectivity index (χ0v) is 13.3. The Morgan fingerprint density at radius 3 is 2.61 bits per heavy atom. The van der Waals surface area contributed by atoms with E-state index in [2.05, 4.69) is 5.32 Å². The molecule has 2 aromatic carbocycles. The van der Waals surface area contributed by atoms with Crippen molar-refractivity contribution >= 4 is 35.2 Å². The predicted molar refractivity (Wildman–Crippen MR) is 91.3 cm³/mol. The van der Waals surface area contributed by atoms with Crippen LogP contribution < -0.4 is 5.32 Å². The van der Waals surface area contributed by atoms with Crippen LogP contribution >= 0.6 is 11.6 Å². The van der Waals surface area contributed by atoms with Gasteiger partial charge in [0.1, 0.15) is 0 Å². The Kier molecular flexibility index (Phi) is 5.94. The molecule has 0 aliphatic heterocycles. The third kappa shape index (κ3) is 5.60. The molecular weight excluding hydrogens is 314 g/mol. The van der Waals surface area contributed by atoms with Crippen LogP contribution in [0.5, 0.6) is 0 Å². The summed E-state index contributed by atoms with van der Waals surface area (Å²) >= 11 is 5.98. The second kappa shape index (κ2) is 8.15. The van der Waals surface area contributed by atoms with Crippen molar-refractivity contribution in [2.75, 3.05) is 11.9 Å². The molecule has 5 heteroatoms. The number of ether oxygens (including phenoxy) is 1. The Bertz CT molecular complexity index is 726. The number of benzene rings is 2. The van der Waals surface area contributed by atoms with Gasteiger partial charge in [0.25, 0.3) is 5.91 Å². The van der Waals surface area contributed by atoms with Crippen LogP contribution in [0.3, 0.4) is 0 Å². The average Bonchev–Trinajstić information content (AvgIpc) is 2.55. The summed E-state index contributed by atoms with van der Waals surface area (Å²) in [5, 5.41) is 3.18. The van der Waals surface area contributed by atoms with Crippen LogP contribution in [0.25, 0.3) is 6.08 Å². The second-order valence-electron chi connectivity index (χ2n) is 4.86. The van der Waals surface area contributed by atoms with Crippen molar-refractivity contribution in [1.82, 2.24) is 0 Å². The summed E-state index contributed by atoms with van der Waals surface area (Å²) in [4.78, 5) is 23.3. The highest BCUT2D eigenvalue weighted by Gasteiger charge is 2.06. The van der Waals surface area contributed by atoms with Crippen molar-refractivity contribution in [2.24, 2.45) is 0 Å². The molecule has 0 aliphatic rings. The monoisotopic (exact) mass is 329 g/mol. The molecule has 0 aromatic heterocycles. The minimum atomic E-state index is -0.578. The van der Waals surface area contributed by atoms with Gasteiger partial charge in [-0.3, -0.25) is 4.79 Å². The van der Waals surface area contributed by atoms with E-state index in [1.54, 1.807) is 24.3 Å². The molecule has 1 amide bonds. The van der Waals surface area contributed by atoms with E-state index >= 15 is 0 Å². The van der Waals surface area contributed by atoms with Crippen LogP contribution in [0.2, 0.25) is 5.02 Å². The first-order valence-corrected chi connectivity index (χ1v) is 7.38. The number of hydrogen-bond donors (Lipinski definition) is 1. The van der Waals surface area contributed by atoms with Crippen LogP contribution in [0.4, 0.5) is 5.69 Å². The molecule has 4 nitrogen and oxygen atoms in total. The second-order valence-corrected chi connectivity index (χ2v) is 5.27. The van der Waals surface area contributed by atoms with Crippen LogP contribution in [-0.2, 0) is 14.3 Å². The molecular formula is C18H16ClNO3. The molecule has 0 aliphatic carbocycles. The molecule has 118 valence electrons. The van der Waals surface area contributed by atoms with Crippen molar-refractivity contribution < 1.29 is 14.3 Å². The first kappa shape index (κ1) is 16.8. The van der Waals surface area contributed by atoms with E-state index in [0.717, 1.165) is 11.1 Å². The van der Waals surface area contributed by atoms with Crippen molar-refractivity contribution in [3.8, 4) is 0 Å². The van der Waals surface area contributed by atoms with Crippen molar-refractivity contribution in [1.29, 1.82) is 0 Å². The van der Waals surface area contributed by atoms with Crippen LogP contribution in [-0.4, -0.2) is 18.5 Å². The SMILES string of the molecule is Cc1ccc(NC(=O)COC(=O)C=Cc2ccccc2)cc1Cl. The minimum absolute atomic E-state index is 0.358. The minimum Gasteiger partial charge on any atom is -0.452 e. The average molecular weight is 330 g/mol. The molecule has 0 bridgehead atoms. The van der Waals surface area contributed by atoms with E-state index in [0.29, 0.717) is 10.7 Å². The van der Waals surface area contributed by atoms with Crippen molar-refractivity contribution in [2.45, 2.75) is 6.92 Å². The van der Waals surface area contributed by atoms with Gasteiger partial charge in [0, 0.05) is 16.8 Å². The lowest BCUT2D eigenvalue weighted by molar-refractivity contribution is -0.142. The van der Waals surface area contributed by atoms with E-state index in [4.69, 9.17) is 16.3 Å². The molecule has 0 saturated carbocycles. The van der Waals surface area contributed by atoms with Crippen LogP contribution in [0.15, 0.2) is 54.6 Å². The molecule has 2 aromatic rings. The summed E-state index contributed by atoms with van der Waals surface area (Å²) in [5.74, 6) is -1.00. The maximum absolute atomic E-state index is 11.7. The lowest BCUT2D eigenvalue weighted by Crippen LogP contribution is -2.20. The quantitative estimate of drug-likeness (QED) is 0.669. The number of aryl methyl sites for hydroxylation is 1. The number of hydrogen-bond acceptors (Lipinski definition) is 3. The van der Waals surface area contributed by atoms with Crippen molar-refractivity contribution in [3.05, 3.63) is 70.8 Å². The topological polar surface area (TPSA) is 55.4 Å². The Morgan fingerprint density at radius 2 is 1.91 bits per heavy atom. The zero-order valence-electron chi connectivity index (χ0n) is 12.6. The molecule has 0 spiro atoms. The van der Waals surface area contributed by atoms with Gasteiger partial charge in [-0.2, -0.15) is 0 Å². The van der Waals surface area contributed by atoms with Gasteiger partial charge in [-0.15, -0.1) is 0 Å². The number of halogens is 1. The van der Waals surface area contributed by atoms with Gasteiger partial charge in [-0.05, 0) is 36.3 Å². The fourth-order valence-corrected chi connectivity index (χ4v) is 1.96. The number of nitrogens with one attached hydrogen (secondary N) is 1. The first-order valence-electron chi connectivity index (χ1n) is 7.00. The summed E-state index contributed by atoms with van der Waals surface area (Å²) in [7, 11) is 0. The first-order chi connectivity index (χ1) is 11.0. The number of anilines is 1. The van der Waals surface area contributed by atoms with Crippen LogP contribution in [0.1, 0.15) is 11.1 Å². The highest BCUT2D eigenvalue weighted by atomic mass is 35.5.